The monoisotopic (exact) mass is 401 g/mol. The molecule has 10 heteroatoms. The van der Waals surface area contributed by atoms with Gasteiger partial charge in [0.25, 0.3) is 5.91 Å². The molecule has 0 saturated carbocycles. The van der Waals surface area contributed by atoms with E-state index in [2.05, 4.69) is 20.8 Å². The quantitative estimate of drug-likeness (QED) is 0.551. The molecule has 3 aromatic carbocycles. The summed E-state index contributed by atoms with van der Waals surface area (Å²) in [5.41, 5.74) is -0.415. The summed E-state index contributed by atoms with van der Waals surface area (Å²) in [4.78, 5) is 24.5. The third kappa shape index (κ3) is 3.23. The Hall–Kier alpha value is -3.59. The van der Waals surface area contributed by atoms with E-state index in [1.807, 2.05) is 0 Å². The van der Waals surface area contributed by atoms with E-state index >= 15 is 0 Å². The van der Waals surface area contributed by atoms with Gasteiger partial charge in [0, 0.05) is 11.6 Å². The lowest BCUT2D eigenvalue weighted by molar-refractivity contribution is 0.102. The van der Waals surface area contributed by atoms with Crippen LogP contribution in [0.2, 0.25) is 5.02 Å². The minimum atomic E-state index is -0.786. The molecular weight excluding hydrogens is 392 g/mol. The molecule has 0 spiro atoms. The first-order chi connectivity index (χ1) is 13.4. The van der Waals surface area contributed by atoms with Gasteiger partial charge < -0.3 is 5.32 Å². The summed E-state index contributed by atoms with van der Waals surface area (Å²) in [6, 6.07) is 11.0. The highest BCUT2D eigenvalue weighted by molar-refractivity contribution is 6.31. The Morgan fingerprint density at radius 2 is 1.82 bits per heavy atom. The summed E-state index contributed by atoms with van der Waals surface area (Å²) < 4.78 is 28.1. The maximum Gasteiger partial charge on any atom is 0.365 e. The number of hydrogen-bond acceptors (Lipinski definition) is 4. The van der Waals surface area contributed by atoms with E-state index in [0.29, 0.717) is 10.8 Å². The number of rotatable bonds is 3. The van der Waals surface area contributed by atoms with Gasteiger partial charge in [0.05, 0.1) is 16.4 Å². The molecule has 7 nitrogen and oxygen atoms in total. The Balaban J connectivity index is 1.73. The molecule has 0 aliphatic carbocycles. The van der Waals surface area contributed by atoms with E-state index in [1.165, 1.54) is 18.2 Å². The van der Waals surface area contributed by atoms with Gasteiger partial charge in [-0.05, 0) is 51.5 Å². The van der Waals surface area contributed by atoms with Crippen LogP contribution in [0.25, 0.3) is 16.5 Å². The van der Waals surface area contributed by atoms with Crippen molar-refractivity contribution in [2.75, 3.05) is 5.32 Å². The Morgan fingerprint density at radius 3 is 2.57 bits per heavy atom. The minimum absolute atomic E-state index is 0.0258. The molecule has 1 amide bonds. The van der Waals surface area contributed by atoms with Gasteiger partial charge in [-0.2, -0.15) is 4.68 Å². The summed E-state index contributed by atoms with van der Waals surface area (Å²) in [6.07, 6.45) is 0. The number of nitrogens with zero attached hydrogens (tertiary/aromatic N) is 3. The predicted molar refractivity (Wildman–Crippen MR) is 98.8 cm³/mol. The molecule has 0 saturated heterocycles. The molecule has 0 unspecified atom stereocenters. The van der Waals surface area contributed by atoms with E-state index < -0.39 is 17.4 Å². The van der Waals surface area contributed by atoms with Gasteiger partial charge in [0.2, 0.25) is 0 Å². The molecule has 140 valence electrons. The molecule has 0 fully saturated rings. The number of carbonyl (C=O) groups excluding carboxylic acids is 1. The topological polar surface area (TPSA) is 92.7 Å². The third-order valence-corrected chi connectivity index (χ3v) is 4.34. The van der Waals surface area contributed by atoms with Crippen LogP contribution in [-0.2, 0) is 0 Å². The van der Waals surface area contributed by atoms with Gasteiger partial charge >= 0.3 is 5.69 Å². The number of carbonyl (C=O) groups is 1. The van der Waals surface area contributed by atoms with E-state index in [9.17, 15) is 18.4 Å². The van der Waals surface area contributed by atoms with Gasteiger partial charge in [-0.15, -0.1) is 0 Å². The zero-order valence-corrected chi connectivity index (χ0v) is 14.7. The Bertz CT molecular complexity index is 1280. The molecule has 0 aliphatic rings. The summed E-state index contributed by atoms with van der Waals surface area (Å²) in [6.45, 7) is 0. The number of tetrazole rings is 1. The fourth-order valence-electron chi connectivity index (χ4n) is 2.72. The van der Waals surface area contributed by atoms with Crippen LogP contribution in [-0.4, -0.2) is 26.1 Å². The van der Waals surface area contributed by atoms with E-state index in [4.69, 9.17) is 11.6 Å². The fraction of sp³-hybridized carbons (Fsp3) is 0. The molecule has 28 heavy (non-hydrogen) atoms. The van der Waals surface area contributed by atoms with Crippen LogP contribution in [0.1, 0.15) is 10.4 Å². The summed E-state index contributed by atoms with van der Waals surface area (Å²) in [5, 5.41) is 12.6. The second-order valence-electron chi connectivity index (χ2n) is 5.86. The Labute approximate surface area is 160 Å². The Kier molecular flexibility index (Phi) is 4.36. The number of hydrogen-bond donors (Lipinski definition) is 2. The first kappa shape index (κ1) is 17.8. The third-order valence-electron chi connectivity index (χ3n) is 4.05. The largest absolute Gasteiger partial charge is 0.365 e. The van der Waals surface area contributed by atoms with Gasteiger partial charge in [-0.3, -0.25) is 4.79 Å². The highest BCUT2D eigenvalue weighted by atomic mass is 35.5. The van der Waals surface area contributed by atoms with Crippen LogP contribution in [0.4, 0.5) is 14.5 Å². The number of nitrogens with one attached hydrogen (secondary N) is 2. The molecule has 0 atom stereocenters. The average Bonchev–Trinajstić information content (AvgIpc) is 3.09. The van der Waals surface area contributed by atoms with Crippen LogP contribution < -0.4 is 11.0 Å². The number of H-pyrrole nitrogens is 1. The smallest absolute Gasteiger partial charge is 0.320 e. The van der Waals surface area contributed by atoms with Gasteiger partial charge in [0.15, 0.2) is 0 Å². The molecule has 1 heterocycles. The zero-order valence-electron chi connectivity index (χ0n) is 13.9. The van der Waals surface area contributed by atoms with Gasteiger partial charge in [0.1, 0.15) is 11.6 Å². The molecule has 4 rings (SSSR count). The number of amides is 1. The lowest BCUT2D eigenvalue weighted by atomic mass is 10.1. The molecule has 4 aromatic rings. The maximum atomic E-state index is 14.0. The first-order valence-electron chi connectivity index (χ1n) is 7.93. The number of fused-ring (bicyclic) bond motifs is 1. The van der Waals surface area contributed by atoms with Crippen LogP contribution in [0.3, 0.4) is 0 Å². The van der Waals surface area contributed by atoms with E-state index in [1.54, 1.807) is 18.2 Å². The number of anilines is 1. The van der Waals surface area contributed by atoms with Gasteiger partial charge in [-0.1, -0.05) is 23.7 Å². The van der Waals surface area contributed by atoms with Crippen molar-refractivity contribution in [3.8, 4) is 5.69 Å². The van der Waals surface area contributed by atoms with Crippen LogP contribution in [0, 0.1) is 11.6 Å². The lowest BCUT2D eigenvalue weighted by Gasteiger charge is -2.11. The van der Waals surface area contributed by atoms with Crippen molar-refractivity contribution >= 4 is 34.0 Å². The average molecular weight is 402 g/mol. The van der Waals surface area contributed by atoms with Crippen molar-refractivity contribution in [2.45, 2.75) is 0 Å². The van der Waals surface area contributed by atoms with E-state index in [0.717, 1.165) is 16.8 Å². The second kappa shape index (κ2) is 6.86. The van der Waals surface area contributed by atoms with E-state index in [-0.39, 0.29) is 27.8 Å². The Morgan fingerprint density at radius 1 is 1.07 bits per heavy atom. The van der Waals surface area contributed by atoms with Gasteiger partial charge in [-0.25, -0.2) is 18.7 Å². The van der Waals surface area contributed by atoms with Crippen LogP contribution in [0.5, 0.6) is 0 Å². The van der Waals surface area contributed by atoms with Crippen molar-refractivity contribution in [1.82, 2.24) is 20.2 Å². The standard InChI is InChI=1S/C18H10ClF2N5O2/c19-13-7-16(26-18(28)23-24-25-26)15(8-14(13)21)22-17(27)11-2-1-10-6-12(20)4-3-9(10)5-11/h1-8H,(H,22,27)(H,23,25,28). The SMILES string of the molecule is O=C(Nc1cc(F)c(Cl)cc1-n1nn[nH]c1=O)c1ccc2cc(F)ccc2c1. The number of aromatic nitrogens is 4. The first-order valence-corrected chi connectivity index (χ1v) is 8.30. The van der Waals surface area contributed by atoms with Crippen molar-refractivity contribution in [2.24, 2.45) is 0 Å². The van der Waals surface area contributed by atoms with Crippen molar-refractivity contribution < 1.29 is 13.6 Å². The molecule has 0 bridgehead atoms. The van der Waals surface area contributed by atoms with Crippen molar-refractivity contribution in [1.29, 1.82) is 0 Å². The normalized spacial score (nSPS) is 11.0. The second-order valence-corrected chi connectivity index (χ2v) is 6.27. The summed E-state index contributed by atoms with van der Waals surface area (Å²) in [7, 11) is 0. The minimum Gasteiger partial charge on any atom is -0.320 e. The zero-order chi connectivity index (χ0) is 19.8. The number of halogens is 3. The lowest BCUT2D eigenvalue weighted by Crippen LogP contribution is -2.20. The van der Waals surface area contributed by atoms with Crippen molar-refractivity contribution in [3.05, 3.63) is 81.2 Å². The van der Waals surface area contributed by atoms with Crippen molar-refractivity contribution in [3.63, 3.8) is 0 Å². The fourth-order valence-corrected chi connectivity index (χ4v) is 2.88. The number of benzene rings is 3. The summed E-state index contributed by atoms with van der Waals surface area (Å²) >= 11 is 5.79. The highest BCUT2D eigenvalue weighted by Gasteiger charge is 2.17. The maximum absolute atomic E-state index is 14.0. The van der Waals surface area contributed by atoms with Crippen LogP contribution >= 0.6 is 11.6 Å². The highest BCUT2D eigenvalue weighted by Crippen LogP contribution is 2.27. The molecule has 2 N–H and O–H groups in total. The molecule has 0 aliphatic heterocycles. The molecule has 1 aromatic heterocycles. The predicted octanol–water partition coefficient (Wildman–Crippen LogP) is 3.29. The molecular formula is C18H10ClF2N5O2. The molecule has 0 radical (unpaired) electrons. The summed E-state index contributed by atoms with van der Waals surface area (Å²) in [5.74, 6) is -1.74. The van der Waals surface area contributed by atoms with Crippen LogP contribution in [0.15, 0.2) is 53.3 Å². The number of aromatic amines is 1.